The second-order valence-corrected chi connectivity index (χ2v) is 5.21. The maximum absolute atomic E-state index is 11.8. The molecule has 0 aliphatic carbocycles. The summed E-state index contributed by atoms with van der Waals surface area (Å²) in [7, 11) is 0. The van der Waals surface area contributed by atoms with Crippen molar-refractivity contribution in [3.8, 4) is 0 Å². The van der Waals surface area contributed by atoms with Gasteiger partial charge in [0.15, 0.2) is 0 Å². The van der Waals surface area contributed by atoms with E-state index in [4.69, 9.17) is 5.73 Å². The first kappa shape index (κ1) is 11.9. The Kier molecular flexibility index (Phi) is 3.82. The van der Waals surface area contributed by atoms with E-state index in [0.717, 1.165) is 19.5 Å². The van der Waals surface area contributed by atoms with Crippen LogP contribution in [0.4, 0.5) is 0 Å². The molecule has 2 aliphatic heterocycles. The number of rotatable bonds is 3. The fourth-order valence-corrected chi connectivity index (χ4v) is 2.78. The molecule has 2 heterocycles. The van der Waals surface area contributed by atoms with Crippen LogP contribution in [-0.2, 0) is 4.79 Å². The third-order valence-corrected chi connectivity index (χ3v) is 3.67. The van der Waals surface area contributed by atoms with E-state index in [-0.39, 0.29) is 11.9 Å². The van der Waals surface area contributed by atoms with Crippen LogP contribution in [0, 0.1) is 0 Å². The number of hydrogen-bond donors (Lipinski definition) is 1. The fraction of sp³-hybridized carbons (Fsp3) is 0.917. The lowest BCUT2D eigenvalue weighted by Gasteiger charge is -2.23. The van der Waals surface area contributed by atoms with Crippen molar-refractivity contribution in [1.29, 1.82) is 0 Å². The number of nitrogens with zero attached hydrogens (tertiary/aromatic N) is 2. The molecule has 0 spiro atoms. The van der Waals surface area contributed by atoms with E-state index < -0.39 is 0 Å². The fourth-order valence-electron chi connectivity index (χ4n) is 2.78. The van der Waals surface area contributed by atoms with E-state index in [0.29, 0.717) is 12.5 Å². The predicted molar refractivity (Wildman–Crippen MR) is 64.1 cm³/mol. The molecule has 2 saturated heterocycles. The molecule has 4 nitrogen and oxygen atoms in total. The molecule has 1 amide bonds. The molecule has 2 atom stereocenters. The van der Waals surface area contributed by atoms with Gasteiger partial charge in [0.1, 0.15) is 0 Å². The first-order chi connectivity index (χ1) is 7.66. The first-order valence-corrected chi connectivity index (χ1v) is 6.44. The average Bonchev–Trinajstić information content (AvgIpc) is 2.87. The van der Waals surface area contributed by atoms with Crippen molar-refractivity contribution in [3.05, 3.63) is 0 Å². The smallest absolute Gasteiger partial charge is 0.224 e. The molecule has 92 valence electrons. The molecular weight excluding hydrogens is 202 g/mol. The summed E-state index contributed by atoms with van der Waals surface area (Å²) in [5, 5.41) is 0. The van der Waals surface area contributed by atoms with E-state index in [1.165, 1.54) is 25.9 Å². The standard InChI is InChI=1S/C12H23N3O/c1-10(13)8-12(16)15-7-4-11(9-15)14-5-2-3-6-14/h10-11H,2-9,13H2,1H3. The van der Waals surface area contributed by atoms with Crippen molar-refractivity contribution in [2.75, 3.05) is 26.2 Å². The highest BCUT2D eigenvalue weighted by molar-refractivity contribution is 5.77. The maximum Gasteiger partial charge on any atom is 0.224 e. The van der Waals surface area contributed by atoms with E-state index in [9.17, 15) is 4.79 Å². The maximum atomic E-state index is 11.8. The Labute approximate surface area is 97.8 Å². The highest BCUT2D eigenvalue weighted by Crippen LogP contribution is 2.20. The summed E-state index contributed by atoms with van der Waals surface area (Å²) in [6.45, 7) is 6.18. The SMILES string of the molecule is CC(N)CC(=O)N1CCC(N2CCCC2)C1. The first-order valence-electron chi connectivity index (χ1n) is 6.44. The monoisotopic (exact) mass is 225 g/mol. The third kappa shape index (κ3) is 2.74. The summed E-state index contributed by atoms with van der Waals surface area (Å²) in [5.41, 5.74) is 5.66. The Morgan fingerprint density at radius 2 is 2.06 bits per heavy atom. The van der Waals surface area contributed by atoms with E-state index in [1.807, 2.05) is 11.8 Å². The van der Waals surface area contributed by atoms with Crippen LogP contribution in [0.15, 0.2) is 0 Å². The molecule has 2 N–H and O–H groups in total. The average molecular weight is 225 g/mol. The molecular formula is C12H23N3O. The molecule has 0 saturated carbocycles. The molecule has 0 aromatic heterocycles. The number of amides is 1. The zero-order valence-electron chi connectivity index (χ0n) is 10.2. The second kappa shape index (κ2) is 5.15. The van der Waals surface area contributed by atoms with Gasteiger partial charge in [-0.15, -0.1) is 0 Å². The molecule has 0 bridgehead atoms. The van der Waals surface area contributed by atoms with Crippen LogP contribution in [0.1, 0.15) is 32.6 Å². The van der Waals surface area contributed by atoms with E-state index in [1.54, 1.807) is 0 Å². The van der Waals surface area contributed by atoms with Crippen molar-refractivity contribution >= 4 is 5.91 Å². The highest BCUT2D eigenvalue weighted by Gasteiger charge is 2.31. The predicted octanol–water partition coefficient (Wildman–Crippen LogP) is 0.420. The zero-order chi connectivity index (χ0) is 11.5. The summed E-state index contributed by atoms with van der Waals surface area (Å²) in [6, 6.07) is 0.595. The van der Waals surface area contributed by atoms with Gasteiger partial charge in [0.25, 0.3) is 0 Å². The summed E-state index contributed by atoms with van der Waals surface area (Å²) < 4.78 is 0. The zero-order valence-corrected chi connectivity index (χ0v) is 10.2. The van der Waals surface area contributed by atoms with Crippen molar-refractivity contribution in [3.63, 3.8) is 0 Å². The van der Waals surface area contributed by atoms with Gasteiger partial charge in [0.05, 0.1) is 0 Å². The van der Waals surface area contributed by atoms with Crippen LogP contribution >= 0.6 is 0 Å². The molecule has 2 rings (SSSR count). The third-order valence-electron chi connectivity index (χ3n) is 3.67. The van der Waals surface area contributed by atoms with Gasteiger partial charge < -0.3 is 10.6 Å². The second-order valence-electron chi connectivity index (χ2n) is 5.21. The molecule has 2 aliphatic rings. The Morgan fingerprint density at radius 3 is 2.69 bits per heavy atom. The van der Waals surface area contributed by atoms with Gasteiger partial charge in [-0.3, -0.25) is 9.69 Å². The number of likely N-dealkylation sites (tertiary alicyclic amines) is 2. The lowest BCUT2D eigenvalue weighted by molar-refractivity contribution is -0.130. The summed E-state index contributed by atoms with van der Waals surface area (Å²) in [4.78, 5) is 16.4. The van der Waals surface area contributed by atoms with Crippen molar-refractivity contribution in [1.82, 2.24) is 9.80 Å². The minimum Gasteiger partial charge on any atom is -0.341 e. The van der Waals surface area contributed by atoms with Crippen molar-refractivity contribution in [2.24, 2.45) is 5.73 Å². The summed E-state index contributed by atoms with van der Waals surface area (Å²) >= 11 is 0. The van der Waals surface area contributed by atoms with Gasteiger partial charge in [0, 0.05) is 31.6 Å². The minimum atomic E-state index is -0.0154. The molecule has 16 heavy (non-hydrogen) atoms. The molecule has 2 fully saturated rings. The van der Waals surface area contributed by atoms with Crippen molar-refractivity contribution < 1.29 is 4.79 Å². The van der Waals surface area contributed by atoms with Crippen LogP contribution in [0.5, 0.6) is 0 Å². The molecule has 2 unspecified atom stereocenters. The lowest BCUT2D eigenvalue weighted by atomic mass is 10.2. The number of carbonyl (C=O) groups is 1. The summed E-state index contributed by atoms with van der Waals surface area (Å²) in [5.74, 6) is 0.233. The van der Waals surface area contributed by atoms with E-state index >= 15 is 0 Å². The Balaban J connectivity index is 1.80. The van der Waals surface area contributed by atoms with Crippen molar-refractivity contribution in [2.45, 2.75) is 44.7 Å². The van der Waals surface area contributed by atoms with Crippen LogP contribution < -0.4 is 5.73 Å². The highest BCUT2D eigenvalue weighted by atomic mass is 16.2. The van der Waals surface area contributed by atoms with Crippen LogP contribution in [0.2, 0.25) is 0 Å². The summed E-state index contributed by atoms with van der Waals surface area (Å²) in [6.07, 6.45) is 4.28. The van der Waals surface area contributed by atoms with E-state index in [2.05, 4.69) is 4.90 Å². The van der Waals surface area contributed by atoms with Gasteiger partial charge in [-0.1, -0.05) is 0 Å². The normalized spacial score (nSPS) is 28.6. The minimum absolute atomic E-state index is 0.0154. The molecule has 0 aromatic rings. The van der Waals surface area contributed by atoms with Crippen LogP contribution in [0.3, 0.4) is 0 Å². The molecule has 4 heteroatoms. The number of hydrogen-bond acceptors (Lipinski definition) is 3. The Morgan fingerprint density at radius 1 is 1.38 bits per heavy atom. The van der Waals surface area contributed by atoms with Crippen LogP contribution in [0.25, 0.3) is 0 Å². The number of nitrogens with two attached hydrogens (primary N) is 1. The molecule has 0 aromatic carbocycles. The van der Waals surface area contributed by atoms with Gasteiger partial charge in [0.2, 0.25) is 5.91 Å². The quantitative estimate of drug-likeness (QED) is 0.757. The number of carbonyl (C=O) groups excluding carboxylic acids is 1. The lowest BCUT2D eigenvalue weighted by Crippen LogP contribution is -2.38. The van der Waals surface area contributed by atoms with Gasteiger partial charge in [-0.25, -0.2) is 0 Å². The van der Waals surface area contributed by atoms with Crippen LogP contribution in [-0.4, -0.2) is 54.0 Å². The van der Waals surface area contributed by atoms with Gasteiger partial charge in [-0.2, -0.15) is 0 Å². The largest absolute Gasteiger partial charge is 0.341 e. The Hall–Kier alpha value is -0.610. The Bertz CT molecular complexity index is 249. The van der Waals surface area contributed by atoms with Gasteiger partial charge in [-0.05, 0) is 39.3 Å². The topological polar surface area (TPSA) is 49.6 Å². The van der Waals surface area contributed by atoms with Gasteiger partial charge >= 0.3 is 0 Å². The molecule has 0 radical (unpaired) electrons.